The number of nitrogens with zero attached hydrogens (tertiary/aromatic N) is 4. The minimum atomic E-state index is -0.323. The summed E-state index contributed by atoms with van der Waals surface area (Å²) in [7, 11) is 0. The van der Waals surface area contributed by atoms with Crippen LogP contribution in [0.15, 0.2) is 54.9 Å². The first-order chi connectivity index (χ1) is 16.6. The molecule has 1 aromatic heterocycles. The minimum absolute atomic E-state index is 0.0679. The Labute approximate surface area is 197 Å². The van der Waals surface area contributed by atoms with Gasteiger partial charge in [-0.1, -0.05) is 18.2 Å². The van der Waals surface area contributed by atoms with Crippen molar-refractivity contribution in [2.45, 2.75) is 25.3 Å². The van der Waals surface area contributed by atoms with Crippen molar-refractivity contribution in [2.24, 2.45) is 0 Å². The normalized spacial score (nSPS) is 16.5. The van der Waals surface area contributed by atoms with Gasteiger partial charge in [-0.3, -0.25) is 19.6 Å². The summed E-state index contributed by atoms with van der Waals surface area (Å²) < 4.78 is 0. The van der Waals surface area contributed by atoms with Crippen LogP contribution in [0.5, 0.6) is 0 Å². The van der Waals surface area contributed by atoms with Gasteiger partial charge in [0.1, 0.15) is 0 Å². The average molecular weight is 459 g/mol. The SMILES string of the molecule is O=C(NCC(=O)N1CCC(N2CCc3ccccc3NC2=O)CC1)c1ccc2nccnc2c1. The largest absolute Gasteiger partial charge is 0.343 e. The Bertz CT molecular complexity index is 1240. The lowest BCUT2D eigenvalue weighted by molar-refractivity contribution is -0.131. The highest BCUT2D eigenvalue weighted by molar-refractivity contribution is 5.99. The van der Waals surface area contributed by atoms with E-state index >= 15 is 0 Å². The van der Waals surface area contributed by atoms with Crippen LogP contribution >= 0.6 is 0 Å². The van der Waals surface area contributed by atoms with E-state index in [9.17, 15) is 14.4 Å². The summed E-state index contributed by atoms with van der Waals surface area (Å²) in [6.07, 6.45) is 5.41. The number of anilines is 1. The van der Waals surface area contributed by atoms with Crippen molar-refractivity contribution in [3.05, 3.63) is 66.0 Å². The summed E-state index contributed by atoms with van der Waals surface area (Å²) >= 11 is 0. The molecule has 2 aliphatic heterocycles. The van der Waals surface area contributed by atoms with Gasteiger partial charge in [-0.15, -0.1) is 0 Å². The molecule has 34 heavy (non-hydrogen) atoms. The third kappa shape index (κ3) is 4.54. The fourth-order valence-electron chi connectivity index (χ4n) is 4.64. The molecule has 174 valence electrons. The van der Waals surface area contributed by atoms with E-state index in [-0.39, 0.29) is 30.4 Å². The number of hydrogen-bond acceptors (Lipinski definition) is 5. The lowest BCUT2D eigenvalue weighted by Gasteiger charge is -2.38. The highest BCUT2D eigenvalue weighted by atomic mass is 16.2. The topological polar surface area (TPSA) is 108 Å². The molecule has 9 heteroatoms. The zero-order chi connectivity index (χ0) is 23.5. The lowest BCUT2D eigenvalue weighted by atomic mass is 10.0. The van der Waals surface area contributed by atoms with Gasteiger partial charge in [-0.05, 0) is 49.1 Å². The smallest absolute Gasteiger partial charge is 0.322 e. The maximum absolute atomic E-state index is 12.8. The van der Waals surface area contributed by atoms with E-state index in [1.165, 1.54) is 0 Å². The number of likely N-dealkylation sites (tertiary alicyclic amines) is 1. The molecular formula is C25H26N6O3. The first-order valence-corrected chi connectivity index (χ1v) is 11.5. The van der Waals surface area contributed by atoms with Crippen LogP contribution in [0.1, 0.15) is 28.8 Å². The van der Waals surface area contributed by atoms with E-state index in [1.54, 1.807) is 35.5 Å². The first-order valence-electron chi connectivity index (χ1n) is 11.5. The molecule has 0 spiro atoms. The lowest BCUT2D eigenvalue weighted by Crippen LogP contribution is -2.51. The van der Waals surface area contributed by atoms with Crippen LogP contribution in [0, 0.1) is 0 Å². The Hall–Kier alpha value is -4.01. The Kier molecular flexibility index (Phi) is 6.07. The van der Waals surface area contributed by atoms with Crippen molar-refractivity contribution in [1.82, 2.24) is 25.1 Å². The number of aromatic nitrogens is 2. The number of urea groups is 1. The molecule has 1 fully saturated rings. The molecule has 0 saturated carbocycles. The predicted molar refractivity (Wildman–Crippen MR) is 127 cm³/mol. The van der Waals surface area contributed by atoms with Gasteiger partial charge in [0.05, 0.1) is 17.6 Å². The summed E-state index contributed by atoms with van der Waals surface area (Å²) in [6.45, 7) is 1.71. The van der Waals surface area contributed by atoms with Crippen LogP contribution in [0.3, 0.4) is 0 Å². The summed E-state index contributed by atoms with van der Waals surface area (Å²) in [4.78, 5) is 50.0. The van der Waals surface area contributed by atoms with E-state index in [2.05, 4.69) is 20.6 Å². The molecule has 0 bridgehead atoms. The van der Waals surface area contributed by atoms with Crippen molar-refractivity contribution < 1.29 is 14.4 Å². The molecule has 3 heterocycles. The fraction of sp³-hybridized carbons (Fsp3) is 0.320. The minimum Gasteiger partial charge on any atom is -0.343 e. The third-order valence-corrected chi connectivity index (χ3v) is 6.53. The standard InChI is InChI=1S/C25H26N6O3/c32-23(16-28-24(33)18-5-6-21-22(15-18)27-11-10-26-21)30-12-8-19(9-13-30)31-14-7-17-3-1-2-4-20(17)29-25(31)34/h1-6,10-11,15,19H,7-9,12-14,16H2,(H,28,33)(H,29,34). The van der Waals surface area contributed by atoms with Gasteiger partial charge in [0.25, 0.3) is 5.91 Å². The molecule has 4 amide bonds. The highest BCUT2D eigenvalue weighted by Gasteiger charge is 2.31. The number of nitrogens with one attached hydrogen (secondary N) is 2. The first kappa shape index (κ1) is 21.8. The molecule has 0 aliphatic carbocycles. The second-order valence-electron chi connectivity index (χ2n) is 8.59. The molecule has 3 aromatic rings. The Balaban J connectivity index is 1.12. The zero-order valence-electron chi connectivity index (χ0n) is 18.7. The van der Waals surface area contributed by atoms with E-state index in [0.29, 0.717) is 49.1 Å². The van der Waals surface area contributed by atoms with Crippen molar-refractivity contribution in [3.8, 4) is 0 Å². The predicted octanol–water partition coefficient (Wildman–Crippen LogP) is 2.44. The van der Waals surface area contributed by atoms with Gasteiger partial charge in [0.15, 0.2) is 0 Å². The van der Waals surface area contributed by atoms with E-state index in [4.69, 9.17) is 0 Å². The second kappa shape index (κ2) is 9.46. The fourth-order valence-corrected chi connectivity index (χ4v) is 4.64. The van der Waals surface area contributed by atoms with E-state index < -0.39 is 0 Å². The molecule has 0 unspecified atom stereocenters. The maximum Gasteiger partial charge on any atom is 0.322 e. The summed E-state index contributed by atoms with van der Waals surface area (Å²) in [5.74, 6) is -0.448. The van der Waals surface area contributed by atoms with Gasteiger partial charge < -0.3 is 20.4 Å². The Morgan fingerprint density at radius 2 is 1.76 bits per heavy atom. The van der Waals surface area contributed by atoms with E-state index in [1.807, 2.05) is 29.2 Å². The van der Waals surface area contributed by atoms with Crippen LogP contribution in [0.4, 0.5) is 10.5 Å². The van der Waals surface area contributed by atoms with Crippen LogP contribution in [-0.4, -0.2) is 69.8 Å². The molecule has 1 saturated heterocycles. The van der Waals surface area contributed by atoms with Crippen LogP contribution in [-0.2, 0) is 11.2 Å². The number of carbonyl (C=O) groups excluding carboxylic acids is 3. The van der Waals surface area contributed by atoms with Gasteiger partial charge in [-0.2, -0.15) is 0 Å². The van der Waals surface area contributed by atoms with Gasteiger partial charge >= 0.3 is 6.03 Å². The number of benzene rings is 2. The average Bonchev–Trinajstić information content (AvgIpc) is 3.05. The molecule has 0 atom stereocenters. The summed E-state index contributed by atoms with van der Waals surface area (Å²) in [5.41, 5.74) is 3.79. The third-order valence-electron chi connectivity index (χ3n) is 6.53. The molecule has 2 aromatic carbocycles. The number of carbonyl (C=O) groups is 3. The van der Waals surface area contributed by atoms with Crippen LogP contribution < -0.4 is 10.6 Å². The van der Waals surface area contributed by atoms with Gasteiger partial charge in [-0.25, -0.2) is 4.79 Å². The second-order valence-corrected chi connectivity index (χ2v) is 8.59. The number of fused-ring (bicyclic) bond motifs is 2. The molecule has 0 radical (unpaired) electrons. The maximum atomic E-state index is 12.8. The Morgan fingerprint density at radius 1 is 1.00 bits per heavy atom. The molecule has 9 nitrogen and oxygen atoms in total. The summed E-state index contributed by atoms with van der Waals surface area (Å²) in [5, 5.41) is 5.72. The van der Waals surface area contributed by atoms with Crippen molar-refractivity contribution in [3.63, 3.8) is 0 Å². The van der Waals surface area contributed by atoms with Crippen LogP contribution in [0.25, 0.3) is 11.0 Å². The molecular weight excluding hydrogens is 432 g/mol. The van der Waals surface area contributed by atoms with Crippen LogP contribution in [0.2, 0.25) is 0 Å². The number of hydrogen-bond donors (Lipinski definition) is 2. The number of amides is 4. The zero-order valence-corrected chi connectivity index (χ0v) is 18.7. The Morgan fingerprint density at radius 3 is 2.59 bits per heavy atom. The molecule has 5 rings (SSSR count). The number of para-hydroxylation sites is 1. The molecule has 2 aliphatic rings. The number of piperidine rings is 1. The molecule has 2 N–H and O–H groups in total. The van der Waals surface area contributed by atoms with Crippen molar-refractivity contribution in [1.29, 1.82) is 0 Å². The van der Waals surface area contributed by atoms with Gasteiger partial charge in [0.2, 0.25) is 5.91 Å². The monoisotopic (exact) mass is 458 g/mol. The van der Waals surface area contributed by atoms with Crippen molar-refractivity contribution in [2.75, 3.05) is 31.5 Å². The number of rotatable bonds is 4. The van der Waals surface area contributed by atoms with Crippen molar-refractivity contribution >= 4 is 34.6 Å². The van der Waals surface area contributed by atoms with E-state index in [0.717, 1.165) is 17.7 Å². The van der Waals surface area contributed by atoms with Gasteiger partial charge in [0, 0.05) is 49.3 Å². The highest BCUT2D eigenvalue weighted by Crippen LogP contribution is 2.24. The summed E-state index contributed by atoms with van der Waals surface area (Å²) in [6, 6.07) is 13.0. The quantitative estimate of drug-likeness (QED) is 0.625.